The summed E-state index contributed by atoms with van der Waals surface area (Å²) in [6.07, 6.45) is 4.51. The predicted molar refractivity (Wildman–Crippen MR) is 105 cm³/mol. The number of carbonyl (C=O) groups is 1. The van der Waals surface area contributed by atoms with E-state index in [1.807, 2.05) is 41.4 Å². The first-order valence-electron chi connectivity index (χ1n) is 8.45. The molecule has 3 nitrogen and oxygen atoms in total. The van der Waals surface area contributed by atoms with Crippen molar-refractivity contribution in [2.75, 3.05) is 11.9 Å². The smallest absolute Gasteiger partial charge is 0.317 e. The van der Waals surface area contributed by atoms with E-state index in [0.29, 0.717) is 0 Å². The third-order valence-corrected chi connectivity index (χ3v) is 6.50. The number of nitrogens with zero attached hydrogens (tertiary/aromatic N) is 1. The molecule has 0 aliphatic carbocycles. The molecule has 1 saturated heterocycles. The molecule has 1 aromatic carbocycles. The zero-order chi connectivity index (χ0) is 17.1. The van der Waals surface area contributed by atoms with Crippen molar-refractivity contribution in [2.24, 2.45) is 0 Å². The summed E-state index contributed by atoms with van der Waals surface area (Å²) in [7, 11) is 0. The zero-order valence-electron chi connectivity index (χ0n) is 14.1. The van der Waals surface area contributed by atoms with Gasteiger partial charge in [-0.25, -0.2) is 4.79 Å². The van der Waals surface area contributed by atoms with Gasteiger partial charge in [0.2, 0.25) is 0 Å². The van der Waals surface area contributed by atoms with Crippen molar-refractivity contribution in [3.05, 3.63) is 50.1 Å². The quantitative estimate of drug-likeness (QED) is 0.625. The van der Waals surface area contributed by atoms with E-state index < -0.39 is 0 Å². The van der Waals surface area contributed by atoms with E-state index in [4.69, 9.17) is 0 Å². The Morgan fingerprint density at radius 2 is 2.04 bits per heavy atom. The lowest BCUT2D eigenvalue weighted by molar-refractivity contribution is 0.190. The maximum atomic E-state index is 12.9. The first kappa shape index (κ1) is 17.5. The second-order valence-electron chi connectivity index (χ2n) is 6.40. The Hall–Kier alpha value is -1.33. The number of rotatable bonds is 2. The SMILES string of the molecule is Cc1ccc(C2CCCCCN2C(=O)Nc2ccc(Br)c(C)c2)s1. The first-order chi connectivity index (χ1) is 11.5. The number of halogens is 1. The lowest BCUT2D eigenvalue weighted by atomic mass is 10.1. The highest BCUT2D eigenvalue weighted by Gasteiger charge is 2.27. The summed E-state index contributed by atoms with van der Waals surface area (Å²) < 4.78 is 1.06. The van der Waals surface area contributed by atoms with Crippen molar-refractivity contribution in [3.8, 4) is 0 Å². The van der Waals surface area contributed by atoms with Gasteiger partial charge in [-0.2, -0.15) is 0 Å². The summed E-state index contributed by atoms with van der Waals surface area (Å²) in [6.45, 7) is 4.98. The van der Waals surface area contributed by atoms with Crippen LogP contribution in [0.25, 0.3) is 0 Å². The summed E-state index contributed by atoms with van der Waals surface area (Å²) >= 11 is 5.31. The first-order valence-corrected chi connectivity index (χ1v) is 10.1. The summed E-state index contributed by atoms with van der Waals surface area (Å²) in [5.41, 5.74) is 1.97. The van der Waals surface area contributed by atoms with Gasteiger partial charge in [0.15, 0.2) is 0 Å². The van der Waals surface area contributed by atoms with Gasteiger partial charge in [0.05, 0.1) is 6.04 Å². The van der Waals surface area contributed by atoms with Crippen molar-refractivity contribution in [1.82, 2.24) is 4.90 Å². The van der Waals surface area contributed by atoms with E-state index in [-0.39, 0.29) is 12.1 Å². The lowest BCUT2D eigenvalue weighted by Crippen LogP contribution is -2.37. The highest BCUT2D eigenvalue weighted by atomic mass is 79.9. The molecule has 2 aromatic rings. The second kappa shape index (κ2) is 7.70. The van der Waals surface area contributed by atoms with Gasteiger partial charge in [-0.05, 0) is 62.6 Å². The molecule has 3 rings (SSSR count). The molecule has 0 radical (unpaired) electrons. The number of urea groups is 1. The van der Waals surface area contributed by atoms with Gasteiger partial charge in [-0.15, -0.1) is 11.3 Å². The monoisotopic (exact) mass is 406 g/mol. The number of carbonyl (C=O) groups excluding carboxylic acids is 1. The van der Waals surface area contributed by atoms with E-state index in [0.717, 1.165) is 35.1 Å². The van der Waals surface area contributed by atoms with Gasteiger partial charge in [0.1, 0.15) is 0 Å². The maximum absolute atomic E-state index is 12.9. The van der Waals surface area contributed by atoms with Crippen molar-refractivity contribution < 1.29 is 4.79 Å². The van der Waals surface area contributed by atoms with E-state index in [9.17, 15) is 4.79 Å². The van der Waals surface area contributed by atoms with Crippen LogP contribution in [0.4, 0.5) is 10.5 Å². The van der Waals surface area contributed by atoms with Crippen LogP contribution < -0.4 is 5.32 Å². The fraction of sp³-hybridized carbons (Fsp3) is 0.421. The van der Waals surface area contributed by atoms with Gasteiger partial charge in [-0.1, -0.05) is 28.8 Å². The molecule has 1 aliphatic heterocycles. The van der Waals surface area contributed by atoms with Crippen molar-refractivity contribution >= 4 is 39.0 Å². The molecule has 0 spiro atoms. The van der Waals surface area contributed by atoms with Crippen LogP contribution >= 0.6 is 27.3 Å². The molecular weight excluding hydrogens is 384 g/mol. The lowest BCUT2D eigenvalue weighted by Gasteiger charge is -2.29. The number of anilines is 1. The minimum atomic E-state index is 0.00896. The van der Waals surface area contributed by atoms with Crippen LogP contribution in [0, 0.1) is 13.8 Å². The highest BCUT2D eigenvalue weighted by Crippen LogP contribution is 2.34. The third kappa shape index (κ3) is 4.01. The maximum Gasteiger partial charge on any atom is 0.322 e. The number of aryl methyl sites for hydroxylation is 2. The van der Waals surface area contributed by atoms with Gasteiger partial charge in [0.25, 0.3) is 0 Å². The van der Waals surface area contributed by atoms with Gasteiger partial charge < -0.3 is 10.2 Å². The standard InChI is InChI=1S/C19H23BrN2OS/c1-13-12-15(8-9-16(13)20)21-19(23)22-11-5-3-4-6-17(22)18-10-7-14(2)24-18/h7-10,12,17H,3-6,11H2,1-2H3,(H,21,23). The number of thiophene rings is 1. The molecule has 0 saturated carbocycles. The molecular formula is C19H23BrN2OS. The molecule has 0 bridgehead atoms. The van der Waals surface area contributed by atoms with Crippen LogP contribution in [0.15, 0.2) is 34.8 Å². The third-order valence-electron chi connectivity index (χ3n) is 4.51. The van der Waals surface area contributed by atoms with Crippen LogP contribution in [0.3, 0.4) is 0 Å². The molecule has 2 amide bonds. The number of amides is 2. The largest absolute Gasteiger partial charge is 0.322 e. The average molecular weight is 407 g/mol. The minimum Gasteiger partial charge on any atom is -0.317 e. The van der Waals surface area contributed by atoms with Crippen LogP contribution in [0.2, 0.25) is 0 Å². The molecule has 24 heavy (non-hydrogen) atoms. The van der Waals surface area contributed by atoms with Gasteiger partial charge in [-0.3, -0.25) is 0 Å². The molecule has 2 heterocycles. The minimum absolute atomic E-state index is 0.00896. The summed E-state index contributed by atoms with van der Waals surface area (Å²) in [5.74, 6) is 0. The van der Waals surface area contributed by atoms with Crippen LogP contribution in [-0.4, -0.2) is 17.5 Å². The Morgan fingerprint density at radius 3 is 2.75 bits per heavy atom. The molecule has 1 aliphatic rings. The molecule has 1 fully saturated rings. The van der Waals surface area contributed by atoms with Crippen LogP contribution in [0.1, 0.15) is 47.0 Å². The fourth-order valence-corrected chi connectivity index (χ4v) is 4.47. The summed E-state index contributed by atoms with van der Waals surface area (Å²) in [5, 5.41) is 3.08. The zero-order valence-corrected chi connectivity index (χ0v) is 16.5. The Labute approximate surface area is 156 Å². The number of nitrogens with one attached hydrogen (secondary N) is 1. The normalized spacial score (nSPS) is 18.3. The Kier molecular flexibility index (Phi) is 5.61. The predicted octanol–water partition coefficient (Wildman–Crippen LogP) is 6.28. The van der Waals surface area contributed by atoms with E-state index in [1.54, 1.807) is 0 Å². The molecule has 1 unspecified atom stereocenters. The Bertz CT molecular complexity index is 728. The van der Waals surface area contributed by atoms with E-state index in [2.05, 4.69) is 40.3 Å². The molecule has 1 N–H and O–H groups in total. The number of hydrogen-bond donors (Lipinski definition) is 1. The van der Waals surface area contributed by atoms with Gasteiger partial charge >= 0.3 is 6.03 Å². The fourth-order valence-electron chi connectivity index (χ4n) is 3.20. The summed E-state index contributed by atoms with van der Waals surface area (Å²) in [6, 6.07) is 10.5. The van der Waals surface area contributed by atoms with Crippen molar-refractivity contribution in [1.29, 1.82) is 0 Å². The van der Waals surface area contributed by atoms with Crippen LogP contribution in [-0.2, 0) is 0 Å². The van der Waals surface area contributed by atoms with E-state index in [1.165, 1.54) is 22.6 Å². The number of benzene rings is 1. The van der Waals surface area contributed by atoms with Crippen molar-refractivity contribution in [3.63, 3.8) is 0 Å². The summed E-state index contributed by atoms with van der Waals surface area (Å²) in [4.78, 5) is 17.5. The Balaban J connectivity index is 1.80. The highest BCUT2D eigenvalue weighted by molar-refractivity contribution is 9.10. The van der Waals surface area contributed by atoms with Gasteiger partial charge in [0, 0.05) is 26.5 Å². The van der Waals surface area contributed by atoms with E-state index >= 15 is 0 Å². The number of likely N-dealkylation sites (tertiary alicyclic amines) is 1. The molecule has 5 heteroatoms. The van der Waals surface area contributed by atoms with Crippen LogP contribution in [0.5, 0.6) is 0 Å². The Morgan fingerprint density at radius 1 is 1.21 bits per heavy atom. The topological polar surface area (TPSA) is 32.3 Å². The molecule has 1 aromatic heterocycles. The average Bonchev–Trinajstić information content (AvgIpc) is 2.83. The van der Waals surface area contributed by atoms with Crippen molar-refractivity contribution in [2.45, 2.75) is 45.6 Å². The number of hydrogen-bond acceptors (Lipinski definition) is 2. The second-order valence-corrected chi connectivity index (χ2v) is 8.57. The molecule has 128 valence electrons. The molecule has 1 atom stereocenters.